The van der Waals surface area contributed by atoms with Crippen molar-refractivity contribution in [1.29, 1.82) is 0 Å². The normalized spacial score (nSPS) is 19.8. The zero-order valence-corrected chi connectivity index (χ0v) is 19.0. The third kappa shape index (κ3) is 4.77. The van der Waals surface area contributed by atoms with Crippen molar-refractivity contribution in [2.75, 3.05) is 13.2 Å². The second-order valence-corrected chi connectivity index (χ2v) is 8.89. The van der Waals surface area contributed by atoms with Crippen LogP contribution in [0, 0.1) is 5.82 Å². The third-order valence-corrected chi connectivity index (χ3v) is 6.59. The lowest BCUT2D eigenvalue weighted by molar-refractivity contribution is 0.0982. The molecule has 2 aliphatic rings. The molecule has 2 atom stereocenters. The van der Waals surface area contributed by atoms with Gasteiger partial charge in [0, 0.05) is 23.6 Å². The van der Waals surface area contributed by atoms with Crippen LogP contribution in [0.4, 0.5) is 4.39 Å². The molecular formula is C28H28FN3O2. The molecule has 0 aromatic heterocycles. The molecule has 0 saturated carbocycles. The van der Waals surface area contributed by atoms with Crippen LogP contribution >= 0.6 is 0 Å². The highest BCUT2D eigenvalue weighted by molar-refractivity contribution is 6.12. The Hall–Kier alpha value is -3.38. The number of fused-ring (bicyclic) bond motifs is 1. The van der Waals surface area contributed by atoms with Gasteiger partial charge in [-0.05, 0) is 49.1 Å². The Labute approximate surface area is 198 Å². The molecule has 3 aromatic rings. The van der Waals surface area contributed by atoms with Crippen LogP contribution in [0.15, 0.2) is 76.9 Å². The fourth-order valence-corrected chi connectivity index (χ4v) is 4.82. The number of halogens is 1. The van der Waals surface area contributed by atoms with E-state index in [1.807, 2.05) is 48.5 Å². The van der Waals surface area contributed by atoms with Crippen LogP contribution in [0.2, 0.25) is 0 Å². The first-order valence-electron chi connectivity index (χ1n) is 12.0. The van der Waals surface area contributed by atoms with Gasteiger partial charge in [0.1, 0.15) is 18.3 Å². The molecule has 2 aliphatic heterocycles. The van der Waals surface area contributed by atoms with Crippen LogP contribution in [-0.2, 0) is 4.74 Å². The maximum absolute atomic E-state index is 14.7. The van der Waals surface area contributed by atoms with E-state index in [1.54, 1.807) is 12.1 Å². The van der Waals surface area contributed by atoms with Gasteiger partial charge < -0.3 is 10.1 Å². The van der Waals surface area contributed by atoms with Gasteiger partial charge in [0.2, 0.25) is 5.90 Å². The highest BCUT2D eigenvalue weighted by Gasteiger charge is 2.33. The summed E-state index contributed by atoms with van der Waals surface area (Å²) in [5, 5.41) is 14.1. The van der Waals surface area contributed by atoms with E-state index in [0.717, 1.165) is 41.4 Å². The van der Waals surface area contributed by atoms with E-state index in [2.05, 4.69) is 15.5 Å². The number of carbonyl (C=O) groups excluding carboxylic acids is 1. The fourth-order valence-electron chi connectivity index (χ4n) is 4.82. The van der Waals surface area contributed by atoms with Gasteiger partial charge in [-0.2, -0.15) is 5.10 Å². The van der Waals surface area contributed by atoms with E-state index < -0.39 is 5.92 Å². The number of rotatable bonds is 8. The predicted molar refractivity (Wildman–Crippen MR) is 133 cm³/mol. The number of nitrogens with zero attached hydrogens (tertiary/aromatic N) is 2. The quantitative estimate of drug-likeness (QED) is 0.445. The van der Waals surface area contributed by atoms with Gasteiger partial charge in [0.15, 0.2) is 5.78 Å². The summed E-state index contributed by atoms with van der Waals surface area (Å²) in [5.41, 5.74) is 1.99. The molecule has 1 N–H and O–H groups in total. The molecule has 5 nitrogen and oxygen atoms in total. The molecule has 2 heterocycles. The lowest BCUT2D eigenvalue weighted by Gasteiger charge is -2.19. The van der Waals surface area contributed by atoms with E-state index in [9.17, 15) is 9.18 Å². The molecule has 0 bridgehead atoms. The first-order valence-corrected chi connectivity index (χ1v) is 12.0. The Morgan fingerprint density at radius 1 is 1.03 bits per heavy atom. The average Bonchev–Trinajstić information content (AvgIpc) is 3.53. The van der Waals surface area contributed by atoms with E-state index >= 15 is 0 Å². The van der Waals surface area contributed by atoms with Crippen molar-refractivity contribution in [1.82, 2.24) is 5.32 Å². The molecule has 2 unspecified atom stereocenters. The molecule has 0 radical (unpaired) electrons. The van der Waals surface area contributed by atoms with Crippen molar-refractivity contribution in [3.05, 3.63) is 83.7 Å². The minimum Gasteiger partial charge on any atom is -0.477 e. The maximum Gasteiger partial charge on any atom is 0.222 e. The molecule has 5 rings (SSSR count). The molecule has 1 fully saturated rings. The summed E-state index contributed by atoms with van der Waals surface area (Å²) in [6.07, 6.45) is 3.73. The van der Waals surface area contributed by atoms with Gasteiger partial charge in [-0.25, -0.2) is 4.39 Å². The van der Waals surface area contributed by atoms with Crippen molar-refractivity contribution in [3.8, 4) is 0 Å². The topological polar surface area (TPSA) is 63.0 Å². The lowest BCUT2D eigenvalue weighted by atomic mass is 9.90. The molecule has 6 heteroatoms. The molecule has 174 valence electrons. The van der Waals surface area contributed by atoms with Crippen LogP contribution in [0.25, 0.3) is 10.8 Å². The zero-order valence-electron chi connectivity index (χ0n) is 19.0. The first-order chi connectivity index (χ1) is 16.7. The number of carbonyl (C=O) groups is 1. The van der Waals surface area contributed by atoms with Gasteiger partial charge >= 0.3 is 0 Å². The van der Waals surface area contributed by atoms with E-state index in [1.165, 1.54) is 6.07 Å². The minimum absolute atomic E-state index is 0.0996. The number of nitrogens with one attached hydrogen (secondary N) is 1. The summed E-state index contributed by atoms with van der Waals surface area (Å²) in [6.45, 7) is 1.48. The highest BCUT2D eigenvalue weighted by Crippen LogP contribution is 2.30. The van der Waals surface area contributed by atoms with E-state index in [4.69, 9.17) is 4.74 Å². The number of Topliss-reactive ketones (excluding diaryl/α,β-unsaturated/α-hetero) is 1. The predicted octanol–water partition coefficient (Wildman–Crippen LogP) is 5.65. The Kier molecular flexibility index (Phi) is 6.77. The Morgan fingerprint density at radius 2 is 1.85 bits per heavy atom. The molecule has 34 heavy (non-hydrogen) atoms. The number of hydrogen-bond donors (Lipinski definition) is 1. The summed E-state index contributed by atoms with van der Waals surface area (Å²) in [5.74, 6) is -0.212. The SMILES string of the molecule is O=C(CCCC1=NN=C(OCC2CCCN2)C1c1ccccc1F)c1cccc2ccccc12. The standard InChI is InChI=1S/C28H28FN3O2/c29-24-14-4-3-12-23(24)27-25(31-32-28(27)34-18-20-10-7-17-30-20)15-6-16-26(33)22-13-5-9-19-8-1-2-11-21(19)22/h1-5,8-9,11-14,20,27,30H,6-7,10,15-18H2. The summed E-state index contributed by atoms with van der Waals surface area (Å²) in [4.78, 5) is 13.0. The molecule has 0 aliphatic carbocycles. The second-order valence-electron chi connectivity index (χ2n) is 8.89. The highest BCUT2D eigenvalue weighted by atomic mass is 19.1. The Bertz CT molecular complexity index is 1240. The van der Waals surface area contributed by atoms with Gasteiger partial charge in [-0.3, -0.25) is 4.79 Å². The monoisotopic (exact) mass is 457 g/mol. The third-order valence-electron chi connectivity index (χ3n) is 6.59. The largest absolute Gasteiger partial charge is 0.477 e. The summed E-state index contributed by atoms with van der Waals surface area (Å²) < 4.78 is 20.7. The molecular weight excluding hydrogens is 429 g/mol. The maximum atomic E-state index is 14.7. The van der Waals surface area contributed by atoms with E-state index in [-0.39, 0.29) is 17.6 Å². The summed E-state index contributed by atoms with van der Waals surface area (Å²) in [6, 6.07) is 20.7. The summed E-state index contributed by atoms with van der Waals surface area (Å²) in [7, 11) is 0. The van der Waals surface area contributed by atoms with Crippen LogP contribution in [0.3, 0.4) is 0 Å². The van der Waals surface area contributed by atoms with Crippen LogP contribution in [0.1, 0.15) is 53.9 Å². The zero-order chi connectivity index (χ0) is 23.3. The smallest absolute Gasteiger partial charge is 0.222 e. The van der Waals surface area contributed by atoms with Gasteiger partial charge in [0.05, 0.1) is 5.71 Å². The number of ether oxygens (including phenoxy) is 1. The van der Waals surface area contributed by atoms with Crippen molar-refractivity contribution < 1.29 is 13.9 Å². The minimum atomic E-state index is -0.449. The molecule has 0 amide bonds. The number of ketones is 1. The van der Waals surface area contributed by atoms with Crippen molar-refractivity contribution >= 4 is 28.2 Å². The molecule has 1 saturated heterocycles. The van der Waals surface area contributed by atoms with Gasteiger partial charge in [-0.1, -0.05) is 60.7 Å². The first kappa shape index (κ1) is 22.4. The van der Waals surface area contributed by atoms with Gasteiger partial charge in [0.25, 0.3) is 0 Å². The Balaban J connectivity index is 1.26. The van der Waals surface area contributed by atoms with Crippen molar-refractivity contribution in [2.24, 2.45) is 10.2 Å². The van der Waals surface area contributed by atoms with Crippen molar-refractivity contribution in [2.45, 2.75) is 44.1 Å². The Morgan fingerprint density at radius 3 is 2.71 bits per heavy atom. The molecule has 0 spiro atoms. The van der Waals surface area contributed by atoms with Crippen LogP contribution < -0.4 is 5.32 Å². The van der Waals surface area contributed by atoms with Crippen molar-refractivity contribution in [3.63, 3.8) is 0 Å². The fraction of sp³-hybridized carbons (Fsp3) is 0.321. The second kappa shape index (κ2) is 10.3. The van der Waals surface area contributed by atoms with Gasteiger partial charge in [-0.15, -0.1) is 5.10 Å². The lowest BCUT2D eigenvalue weighted by Crippen LogP contribution is -2.30. The number of benzene rings is 3. The van der Waals surface area contributed by atoms with Crippen LogP contribution in [-0.4, -0.2) is 36.6 Å². The summed E-state index contributed by atoms with van der Waals surface area (Å²) >= 11 is 0. The van der Waals surface area contributed by atoms with Crippen LogP contribution in [0.5, 0.6) is 0 Å². The number of hydrogen-bond acceptors (Lipinski definition) is 5. The average molecular weight is 458 g/mol. The molecule has 3 aromatic carbocycles. The van der Waals surface area contributed by atoms with E-state index in [0.29, 0.717) is 37.3 Å².